The lowest BCUT2D eigenvalue weighted by Gasteiger charge is -2.44. The molecule has 97 heavy (non-hydrogen) atoms. The van der Waals surface area contributed by atoms with E-state index < -0.39 is 0 Å². The molecular formula is C86H64B3N3O3S2. The molecule has 0 N–H and O–H groups in total. The van der Waals surface area contributed by atoms with E-state index in [2.05, 4.69) is 310 Å². The number of anilines is 7. The highest BCUT2D eigenvalue weighted by molar-refractivity contribution is 8.00. The summed E-state index contributed by atoms with van der Waals surface area (Å²) in [4.78, 5) is 2.49. The van der Waals surface area contributed by atoms with Crippen LogP contribution in [-0.4, -0.2) is 32.6 Å². The van der Waals surface area contributed by atoms with Gasteiger partial charge in [-0.3, -0.25) is 8.61 Å². The van der Waals surface area contributed by atoms with Gasteiger partial charge in [0.05, 0.1) is 11.4 Å². The van der Waals surface area contributed by atoms with Crippen LogP contribution in [-0.2, 0) is 0 Å². The van der Waals surface area contributed by atoms with E-state index in [1.807, 2.05) is 0 Å². The Balaban J connectivity index is 0.902. The van der Waals surface area contributed by atoms with Crippen LogP contribution >= 0.6 is 23.9 Å². The van der Waals surface area contributed by atoms with Crippen LogP contribution in [0.3, 0.4) is 0 Å². The molecule has 6 nitrogen and oxygen atoms in total. The first-order chi connectivity index (χ1) is 47.5. The molecule has 0 spiro atoms. The molecule has 0 amide bonds. The molecule has 0 atom stereocenters. The van der Waals surface area contributed by atoms with Gasteiger partial charge in [-0.25, -0.2) is 0 Å². The lowest BCUT2D eigenvalue weighted by molar-refractivity contribution is 0.488. The molecule has 6 heterocycles. The Morgan fingerprint density at radius 3 is 1.09 bits per heavy atom. The van der Waals surface area contributed by atoms with Crippen molar-refractivity contribution in [2.75, 3.05) is 26.0 Å². The second-order valence-corrected chi connectivity index (χ2v) is 28.3. The van der Waals surface area contributed by atoms with E-state index >= 15 is 0 Å². The molecule has 0 aromatic heterocycles. The van der Waals surface area contributed by atoms with E-state index in [0.717, 1.165) is 141 Å². The Morgan fingerprint density at radius 2 is 0.649 bits per heavy atom. The zero-order chi connectivity index (χ0) is 65.2. The molecule has 13 aromatic carbocycles. The Bertz CT molecular complexity index is 5490. The predicted molar refractivity (Wildman–Crippen MR) is 414 cm³/mol. The van der Waals surface area contributed by atoms with E-state index in [-0.39, 0.29) is 20.1 Å². The fraction of sp³-hybridized carbons (Fsp3) is 0.0930. The second-order valence-electron chi connectivity index (χ2n) is 26.9. The van der Waals surface area contributed by atoms with Gasteiger partial charge in [0.2, 0.25) is 0 Å². The van der Waals surface area contributed by atoms with Crippen molar-refractivity contribution in [3.63, 3.8) is 0 Å². The van der Waals surface area contributed by atoms with Crippen LogP contribution < -0.4 is 76.9 Å². The summed E-state index contributed by atoms with van der Waals surface area (Å²) >= 11 is 3.51. The van der Waals surface area contributed by atoms with Crippen molar-refractivity contribution >= 4 is 133 Å². The summed E-state index contributed by atoms with van der Waals surface area (Å²) in [6.45, 7) is 12.7. The molecular weight excluding hydrogens is 1220 g/mol. The average molecular weight is 1280 g/mol. The van der Waals surface area contributed by atoms with Gasteiger partial charge in [0.25, 0.3) is 20.1 Å². The summed E-state index contributed by atoms with van der Waals surface area (Å²) in [5.41, 5.74) is 37.1. The van der Waals surface area contributed by atoms with Gasteiger partial charge < -0.3 is 19.1 Å². The summed E-state index contributed by atoms with van der Waals surface area (Å²) in [7, 11) is 0. The Morgan fingerprint density at radius 1 is 0.278 bits per heavy atom. The third-order valence-corrected chi connectivity index (χ3v) is 22.9. The number of hydrogen-bond donors (Lipinski definition) is 0. The second kappa shape index (κ2) is 22.0. The van der Waals surface area contributed by atoms with Crippen molar-refractivity contribution < 1.29 is 14.2 Å². The number of para-hydroxylation sites is 3. The molecule has 13 aromatic rings. The van der Waals surface area contributed by atoms with Gasteiger partial charge >= 0.3 is 0 Å². The third kappa shape index (κ3) is 8.60. The summed E-state index contributed by atoms with van der Waals surface area (Å²) in [5.74, 6) is 5.22. The largest absolute Gasteiger partial charge is 0.458 e. The first kappa shape index (κ1) is 58.0. The summed E-state index contributed by atoms with van der Waals surface area (Å²) in [5, 5.41) is 0. The van der Waals surface area contributed by atoms with Gasteiger partial charge in [-0.05, 0) is 247 Å². The molecule has 0 saturated carbocycles. The SMILES string of the molecule is CSN1c2cc3c(cc2B2c4cc5c(cc4Oc4cc(-c6c(C)cccc6C)cc1c42)N(c1ccccc1)c1cc(-c2c(C)cccc2C)cc2c1B5c1cccc(-c4ccccc4)c1O2)B1c2cccc(-c4ccccc4)c2Oc2cc(-c4c(C)cccc4C)cc(c21)N3SC. The molecule has 0 bridgehead atoms. The molecule has 0 radical (unpaired) electrons. The van der Waals surface area contributed by atoms with Crippen LogP contribution in [0.15, 0.2) is 243 Å². The van der Waals surface area contributed by atoms with Crippen LogP contribution in [0.1, 0.15) is 33.4 Å². The van der Waals surface area contributed by atoms with Crippen molar-refractivity contribution in [1.82, 2.24) is 0 Å². The zero-order valence-corrected chi connectivity index (χ0v) is 56.8. The number of rotatable bonds is 8. The third-order valence-electron chi connectivity index (χ3n) is 21.4. The monoisotopic (exact) mass is 1280 g/mol. The maximum Gasteiger partial charge on any atom is 0.256 e. The molecule has 6 aliphatic rings. The van der Waals surface area contributed by atoms with E-state index in [0.29, 0.717) is 0 Å². The zero-order valence-electron chi connectivity index (χ0n) is 55.2. The Kier molecular flexibility index (Phi) is 13.2. The highest BCUT2D eigenvalue weighted by Gasteiger charge is 2.50. The molecule has 11 heteroatoms. The standard InChI is InChI=1S/C86H64B3N3O3S2/c1-49-23-18-24-50(2)79(49)57-39-72-82-77(43-57)94-85-61(55-29-12-9-13-30-55)35-21-37-63(85)87(82)65-46-68-75(48-69(65)90(72)60-33-16-11-17-34-60)93-76-42-58(80-51(3)25-19-26-52(80)4)40-73-83(76)89(68)67-45-66-70(47-71(67)92(73)97-8)91(96-7)74-41-59(81-53(5)27-20-28-54(81)6)44-78-84(74)88(66)64-38-22-36-62(86(64)95-78)56-31-14-10-15-32-56/h9-48H,1-8H3. The number of ether oxygens (including phenoxy) is 3. The predicted octanol–water partition coefficient (Wildman–Crippen LogP) is 17.0. The normalized spacial score (nSPS) is 13.6. The lowest BCUT2D eigenvalue weighted by Crippen LogP contribution is -2.65. The quantitative estimate of drug-likeness (QED) is 0.110. The smallest absolute Gasteiger partial charge is 0.256 e. The van der Waals surface area contributed by atoms with Crippen molar-refractivity contribution in [3.05, 3.63) is 276 Å². The topological polar surface area (TPSA) is 37.4 Å². The van der Waals surface area contributed by atoms with Gasteiger partial charge in [0, 0.05) is 58.1 Å². The molecule has 0 fully saturated rings. The van der Waals surface area contributed by atoms with Crippen molar-refractivity contribution in [1.29, 1.82) is 0 Å². The lowest BCUT2D eigenvalue weighted by atomic mass is 9.29. The van der Waals surface area contributed by atoms with E-state index in [1.54, 1.807) is 23.9 Å². The Hall–Kier alpha value is -10.4. The first-order valence-electron chi connectivity index (χ1n) is 33.5. The summed E-state index contributed by atoms with van der Waals surface area (Å²) in [6, 6.07) is 90.1. The van der Waals surface area contributed by atoms with Crippen LogP contribution in [0.2, 0.25) is 0 Å². The van der Waals surface area contributed by atoms with E-state index in [9.17, 15) is 0 Å². The average Bonchev–Trinajstić information content (AvgIpc) is 0.692. The Labute approximate surface area is 577 Å². The van der Waals surface area contributed by atoms with E-state index in [4.69, 9.17) is 14.2 Å². The fourth-order valence-electron chi connectivity index (χ4n) is 17.4. The number of fused-ring (bicyclic) bond motifs is 12. The minimum atomic E-state index is -0.257. The van der Waals surface area contributed by atoms with E-state index in [1.165, 1.54) is 71.9 Å². The summed E-state index contributed by atoms with van der Waals surface area (Å²) < 4.78 is 27.9. The summed E-state index contributed by atoms with van der Waals surface area (Å²) in [6.07, 6.45) is 4.45. The highest BCUT2D eigenvalue weighted by atomic mass is 32.2. The minimum Gasteiger partial charge on any atom is -0.458 e. The van der Waals surface area contributed by atoms with Gasteiger partial charge in [-0.15, -0.1) is 0 Å². The minimum absolute atomic E-state index is 0.175. The van der Waals surface area contributed by atoms with Gasteiger partial charge in [-0.1, -0.05) is 182 Å². The number of hydrogen-bond acceptors (Lipinski definition) is 8. The molecule has 0 unspecified atom stereocenters. The van der Waals surface area contributed by atoms with Crippen LogP contribution in [0.4, 0.5) is 39.8 Å². The molecule has 6 aliphatic heterocycles. The number of benzene rings is 13. The fourth-order valence-corrected chi connectivity index (χ4v) is 18.8. The first-order valence-corrected chi connectivity index (χ1v) is 35.9. The molecule has 0 aliphatic carbocycles. The molecule has 19 rings (SSSR count). The van der Waals surface area contributed by atoms with Crippen LogP contribution in [0.5, 0.6) is 34.5 Å². The van der Waals surface area contributed by atoms with Crippen LogP contribution in [0, 0.1) is 41.5 Å². The molecule has 0 saturated heterocycles. The molecule has 462 valence electrons. The van der Waals surface area contributed by atoms with Gasteiger partial charge in [-0.2, -0.15) is 0 Å². The maximum absolute atomic E-state index is 7.80. The van der Waals surface area contributed by atoms with Crippen molar-refractivity contribution in [3.8, 4) is 90.1 Å². The van der Waals surface area contributed by atoms with Gasteiger partial charge in [0.1, 0.15) is 34.5 Å². The number of nitrogens with zero attached hydrogens (tertiary/aromatic N) is 3. The maximum atomic E-state index is 7.80. The van der Waals surface area contributed by atoms with Crippen LogP contribution in [0.25, 0.3) is 55.6 Å². The van der Waals surface area contributed by atoms with Gasteiger partial charge in [0.15, 0.2) is 0 Å². The van der Waals surface area contributed by atoms with Crippen molar-refractivity contribution in [2.24, 2.45) is 0 Å². The number of aryl methyl sites for hydroxylation is 6. The van der Waals surface area contributed by atoms with Crippen molar-refractivity contribution in [2.45, 2.75) is 41.5 Å². The highest BCUT2D eigenvalue weighted by Crippen LogP contribution is 2.51.